The maximum Gasteiger partial charge on any atom is 0.282 e. The molecule has 0 unspecified atom stereocenters. The molecule has 0 radical (unpaired) electrons. The molecule has 0 saturated carbocycles. The highest BCUT2D eigenvalue weighted by Crippen LogP contribution is 2.17. The maximum absolute atomic E-state index is 10.5. The third kappa shape index (κ3) is 7.78. The molecule has 1 rings (SSSR count). The highest BCUT2D eigenvalue weighted by Gasteiger charge is 2.28. The van der Waals surface area contributed by atoms with Crippen LogP contribution in [0.15, 0.2) is 24.3 Å². The SMILES string of the molecule is CCCCOC(O)(CCNc1ccc(C)cc1)OCCCC. The van der Waals surface area contributed by atoms with Crippen LogP contribution in [0.25, 0.3) is 0 Å². The van der Waals surface area contributed by atoms with Crippen molar-refractivity contribution >= 4 is 5.69 Å². The van der Waals surface area contributed by atoms with E-state index in [9.17, 15) is 5.11 Å². The molecule has 2 N–H and O–H groups in total. The molecule has 0 spiro atoms. The number of nitrogens with one attached hydrogen (secondary N) is 1. The van der Waals surface area contributed by atoms with Gasteiger partial charge in [-0.05, 0) is 31.9 Å². The van der Waals surface area contributed by atoms with Crippen LogP contribution in [0.3, 0.4) is 0 Å². The summed E-state index contributed by atoms with van der Waals surface area (Å²) >= 11 is 0. The number of unbranched alkanes of at least 4 members (excludes halogenated alkanes) is 2. The van der Waals surface area contributed by atoms with E-state index in [4.69, 9.17) is 9.47 Å². The molecule has 1 aromatic carbocycles. The van der Waals surface area contributed by atoms with Gasteiger partial charge in [0, 0.05) is 18.7 Å². The summed E-state index contributed by atoms with van der Waals surface area (Å²) in [6, 6.07) is 8.18. The van der Waals surface area contributed by atoms with Crippen LogP contribution in [-0.2, 0) is 9.47 Å². The number of benzene rings is 1. The lowest BCUT2D eigenvalue weighted by Gasteiger charge is -2.28. The predicted octanol–water partition coefficient (Wildman–Crippen LogP) is 4.08. The molecule has 4 heteroatoms. The molecular formula is C18H31NO3. The van der Waals surface area contributed by atoms with E-state index < -0.39 is 5.97 Å². The topological polar surface area (TPSA) is 50.7 Å². The van der Waals surface area contributed by atoms with Crippen molar-refractivity contribution in [2.45, 2.75) is 58.8 Å². The normalized spacial score (nSPS) is 11.6. The second-order valence-corrected chi connectivity index (χ2v) is 5.66. The lowest BCUT2D eigenvalue weighted by Crippen LogP contribution is -2.38. The van der Waals surface area contributed by atoms with E-state index in [2.05, 4.69) is 38.2 Å². The molecule has 0 saturated heterocycles. The quantitative estimate of drug-likeness (QED) is 0.451. The van der Waals surface area contributed by atoms with Gasteiger partial charge in [-0.25, -0.2) is 0 Å². The molecule has 22 heavy (non-hydrogen) atoms. The van der Waals surface area contributed by atoms with Crippen LogP contribution >= 0.6 is 0 Å². The van der Waals surface area contributed by atoms with Gasteiger partial charge in [0.25, 0.3) is 5.97 Å². The van der Waals surface area contributed by atoms with Gasteiger partial charge in [0.15, 0.2) is 0 Å². The fraction of sp³-hybridized carbons (Fsp3) is 0.667. The minimum Gasteiger partial charge on any atom is -0.385 e. The van der Waals surface area contributed by atoms with Gasteiger partial charge in [-0.3, -0.25) is 0 Å². The molecule has 0 aliphatic heterocycles. The van der Waals surface area contributed by atoms with Crippen molar-refractivity contribution in [3.05, 3.63) is 29.8 Å². The van der Waals surface area contributed by atoms with E-state index in [1.165, 1.54) is 5.56 Å². The molecule has 4 nitrogen and oxygen atoms in total. The van der Waals surface area contributed by atoms with Gasteiger partial charge in [-0.2, -0.15) is 0 Å². The summed E-state index contributed by atoms with van der Waals surface area (Å²) in [4.78, 5) is 0. The van der Waals surface area contributed by atoms with Crippen molar-refractivity contribution in [1.29, 1.82) is 0 Å². The summed E-state index contributed by atoms with van der Waals surface area (Å²) in [6.45, 7) is 7.88. The Bertz CT molecular complexity index is 382. The fourth-order valence-corrected chi connectivity index (χ4v) is 1.97. The number of rotatable bonds is 12. The summed E-state index contributed by atoms with van der Waals surface area (Å²) in [5.74, 6) is -1.48. The smallest absolute Gasteiger partial charge is 0.282 e. The Morgan fingerprint density at radius 3 is 2.05 bits per heavy atom. The lowest BCUT2D eigenvalue weighted by atomic mass is 10.2. The zero-order valence-corrected chi connectivity index (χ0v) is 14.2. The molecule has 0 atom stereocenters. The van der Waals surface area contributed by atoms with Gasteiger partial charge in [0.1, 0.15) is 0 Å². The Morgan fingerprint density at radius 2 is 1.55 bits per heavy atom. The second-order valence-electron chi connectivity index (χ2n) is 5.66. The Labute approximate surface area is 134 Å². The van der Waals surface area contributed by atoms with Gasteiger partial charge < -0.3 is 19.9 Å². The Morgan fingerprint density at radius 1 is 1.00 bits per heavy atom. The van der Waals surface area contributed by atoms with Gasteiger partial charge in [0.2, 0.25) is 0 Å². The third-order valence-electron chi connectivity index (χ3n) is 3.47. The number of aliphatic hydroxyl groups is 1. The first-order chi connectivity index (χ1) is 10.6. The summed E-state index contributed by atoms with van der Waals surface area (Å²) in [7, 11) is 0. The first kappa shape index (κ1) is 18.9. The van der Waals surface area contributed by atoms with E-state index in [1.807, 2.05) is 12.1 Å². The van der Waals surface area contributed by atoms with Gasteiger partial charge in [0.05, 0.1) is 13.2 Å². The van der Waals surface area contributed by atoms with Crippen LogP contribution in [0.5, 0.6) is 0 Å². The summed E-state index contributed by atoms with van der Waals surface area (Å²) in [5, 5.41) is 13.8. The maximum atomic E-state index is 10.5. The first-order valence-corrected chi connectivity index (χ1v) is 8.40. The molecule has 0 fully saturated rings. The van der Waals surface area contributed by atoms with E-state index in [0.29, 0.717) is 26.2 Å². The van der Waals surface area contributed by atoms with E-state index >= 15 is 0 Å². The fourth-order valence-electron chi connectivity index (χ4n) is 1.97. The molecule has 0 bridgehead atoms. The zero-order valence-electron chi connectivity index (χ0n) is 14.2. The molecule has 0 aromatic heterocycles. The number of hydrogen-bond donors (Lipinski definition) is 2. The minimum absolute atomic E-state index is 0.397. The second kappa shape index (κ2) is 10.6. The van der Waals surface area contributed by atoms with Crippen molar-refractivity contribution in [3.8, 4) is 0 Å². The van der Waals surface area contributed by atoms with Crippen LogP contribution in [0, 0.1) is 6.92 Å². The van der Waals surface area contributed by atoms with E-state index in [1.54, 1.807) is 0 Å². The molecule has 1 aromatic rings. The molecule has 0 heterocycles. The molecule has 0 aliphatic rings. The standard InChI is InChI=1S/C18H31NO3/c1-4-6-14-21-18(20,22-15-7-5-2)12-13-19-17-10-8-16(3)9-11-17/h8-11,19-20H,4-7,12-15H2,1-3H3. The predicted molar refractivity (Wildman–Crippen MR) is 91.0 cm³/mol. The van der Waals surface area contributed by atoms with E-state index in [-0.39, 0.29) is 0 Å². The highest BCUT2D eigenvalue weighted by atomic mass is 16.8. The van der Waals surface area contributed by atoms with Crippen LogP contribution in [-0.4, -0.2) is 30.8 Å². The Kier molecular flexibility index (Phi) is 9.13. The molecular weight excluding hydrogens is 278 g/mol. The average Bonchev–Trinajstić information content (AvgIpc) is 2.50. The number of hydrogen-bond acceptors (Lipinski definition) is 4. The number of aryl methyl sites for hydroxylation is 1. The summed E-state index contributed by atoms with van der Waals surface area (Å²) in [6.07, 6.45) is 4.31. The Balaban J connectivity index is 2.42. The van der Waals surface area contributed by atoms with Crippen LogP contribution in [0.2, 0.25) is 0 Å². The zero-order chi connectivity index (χ0) is 16.3. The first-order valence-electron chi connectivity index (χ1n) is 8.40. The van der Waals surface area contributed by atoms with Crippen molar-refractivity contribution in [2.75, 3.05) is 25.1 Å². The van der Waals surface area contributed by atoms with Gasteiger partial charge >= 0.3 is 0 Å². The molecule has 0 aliphatic carbocycles. The third-order valence-corrected chi connectivity index (χ3v) is 3.47. The van der Waals surface area contributed by atoms with Crippen LogP contribution in [0.1, 0.15) is 51.5 Å². The van der Waals surface area contributed by atoms with Crippen molar-refractivity contribution in [3.63, 3.8) is 0 Å². The Hall–Kier alpha value is -1.10. The van der Waals surface area contributed by atoms with Gasteiger partial charge in [-0.1, -0.05) is 44.4 Å². The van der Waals surface area contributed by atoms with Crippen molar-refractivity contribution in [1.82, 2.24) is 0 Å². The lowest BCUT2D eigenvalue weighted by molar-refractivity contribution is -0.362. The van der Waals surface area contributed by atoms with E-state index in [0.717, 1.165) is 31.4 Å². The number of anilines is 1. The van der Waals surface area contributed by atoms with Crippen LogP contribution < -0.4 is 5.32 Å². The molecule has 126 valence electrons. The minimum atomic E-state index is -1.48. The summed E-state index contributed by atoms with van der Waals surface area (Å²) in [5.41, 5.74) is 2.27. The summed E-state index contributed by atoms with van der Waals surface area (Å²) < 4.78 is 11.1. The van der Waals surface area contributed by atoms with Crippen LogP contribution in [0.4, 0.5) is 5.69 Å². The average molecular weight is 309 g/mol. The number of ether oxygens (including phenoxy) is 2. The van der Waals surface area contributed by atoms with Crippen molar-refractivity contribution < 1.29 is 14.6 Å². The molecule has 0 amide bonds. The largest absolute Gasteiger partial charge is 0.385 e. The van der Waals surface area contributed by atoms with Crippen molar-refractivity contribution in [2.24, 2.45) is 0 Å². The highest BCUT2D eigenvalue weighted by molar-refractivity contribution is 5.44. The monoisotopic (exact) mass is 309 g/mol. The van der Waals surface area contributed by atoms with Gasteiger partial charge in [-0.15, -0.1) is 0 Å².